The van der Waals surface area contributed by atoms with Gasteiger partial charge in [-0.05, 0) is 37.3 Å². The Hall–Kier alpha value is -2.05. The molecule has 112 valence electrons. The lowest BCUT2D eigenvalue weighted by atomic mass is 10.2. The van der Waals surface area contributed by atoms with Crippen LogP contribution in [0, 0.1) is 0 Å². The molecule has 2 aromatic rings. The number of benzene rings is 1. The Bertz CT molecular complexity index is 738. The molecule has 1 aromatic heterocycles. The molecule has 1 aliphatic heterocycles. The van der Waals surface area contributed by atoms with Crippen molar-refractivity contribution in [3.63, 3.8) is 0 Å². The van der Waals surface area contributed by atoms with Gasteiger partial charge in [0.25, 0.3) is 5.91 Å². The first-order valence-electron chi connectivity index (χ1n) is 6.84. The Kier molecular flexibility index (Phi) is 4.31. The van der Waals surface area contributed by atoms with Gasteiger partial charge in [0.2, 0.25) is 0 Å². The molecule has 0 bridgehead atoms. The van der Waals surface area contributed by atoms with Gasteiger partial charge < -0.3 is 9.72 Å². The summed E-state index contributed by atoms with van der Waals surface area (Å²) in [5.74, 6) is 0.527. The maximum atomic E-state index is 12.7. The van der Waals surface area contributed by atoms with Crippen LogP contribution in [0.15, 0.2) is 47.5 Å². The largest absolute Gasteiger partial charge is 0.492 e. The van der Waals surface area contributed by atoms with Crippen LogP contribution in [0.4, 0.5) is 5.69 Å². The molecule has 0 aliphatic carbocycles. The van der Waals surface area contributed by atoms with E-state index in [0.29, 0.717) is 27.3 Å². The van der Waals surface area contributed by atoms with Crippen molar-refractivity contribution in [2.24, 2.45) is 0 Å². The molecule has 1 saturated heterocycles. The summed E-state index contributed by atoms with van der Waals surface area (Å²) in [6.45, 7) is 2.44. The highest BCUT2D eigenvalue weighted by Crippen LogP contribution is 2.39. The Balaban J connectivity index is 1.96. The zero-order valence-corrected chi connectivity index (χ0v) is 13.5. The monoisotopic (exact) mass is 330 g/mol. The zero-order valence-electron chi connectivity index (χ0n) is 11.9. The highest BCUT2D eigenvalue weighted by atomic mass is 32.2. The second-order valence-corrected chi connectivity index (χ2v) is 6.22. The van der Waals surface area contributed by atoms with Crippen molar-refractivity contribution in [1.29, 1.82) is 0 Å². The lowest BCUT2D eigenvalue weighted by Gasteiger charge is -2.18. The molecule has 1 amide bonds. The fourth-order valence-corrected chi connectivity index (χ4v) is 3.45. The molecule has 2 heterocycles. The number of hydrogen-bond acceptors (Lipinski definition) is 4. The van der Waals surface area contributed by atoms with Crippen molar-refractivity contribution in [2.45, 2.75) is 6.92 Å². The Morgan fingerprint density at radius 2 is 2.14 bits per heavy atom. The van der Waals surface area contributed by atoms with Gasteiger partial charge in [-0.1, -0.05) is 36.1 Å². The van der Waals surface area contributed by atoms with Gasteiger partial charge in [0.15, 0.2) is 4.32 Å². The van der Waals surface area contributed by atoms with E-state index < -0.39 is 0 Å². The fraction of sp³-hybridized carbons (Fsp3) is 0.125. The number of thiocarbonyl (C=S) groups is 1. The van der Waals surface area contributed by atoms with Crippen LogP contribution in [0.1, 0.15) is 12.6 Å². The highest BCUT2D eigenvalue weighted by Gasteiger charge is 2.34. The Morgan fingerprint density at radius 3 is 2.86 bits per heavy atom. The molecule has 0 radical (unpaired) electrons. The summed E-state index contributed by atoms with van der Waals surface area (Å²) in [5, 5.41) is 0. The summed E-state index contributed by atoms with van der Waals surface area (Å²) in [5.41, 5.74) is 1.56. The van der Waals surface area contributed by atoms with Gasteiger partial charge in [0.05, 0.1) is 17.2 Å². The molecule has 1 aromatic carbocycles. The minimum Gasteiger partial charge on any atom is -0.492 e. The van der Waals surface area contributed by atoms with E-state index in [2.05, 4.69) is 4.98 Å². The van der Waals surface area contributed by atoms with Crippen molar-refractivity contribution < 1.29 is 9.53 Å². The van der Waals surface area contributed by atoms with E-state index in [-0.39, 0.29) is 5.91 Å². The Morgan fingerprint density at radius 1 is 1.32 bits per heavy atom. The Labute approximate surface area is 138 Å². The summed E-state index contributed by atoms with van der Waals surface area (Å²) in [4.78, 5) is 17.9. The number of thioether (sulfide) groups is 1. The van der Waals surface area contributed by atoms with Crippen LogP contribution < -0.4 is 9.64 Å². The van der Waals surface area contributed by atoms with Crippen LogP contribution in [0.2, 0.25) is 0 Å². The molecule has 0 saturated carbocycles. The average Bonchev–Trinajstić information content (AvgIpc) is 3.10. The number of amides is 1. The second kappa shape index (κ2) is 6.37. The normalized spacial score (nSPS) is 16.6. The average molecular weight is 330 g/mol. The van der Waals surface area contributed by atoms with Gasteiger partial charge in [0.1, 0.15) is 5.75 Å². The molecule has 4 nitrogen and oxygen atoms in total. The van der Waals surface area contributed by atoms with E-state index in [4.69, 9.17) is 17.0 Å². The van der Waals surface area contributed by atoms with E-state index in [1.165, 1.54) is 16.7 Å². The quantitative estimate of drug-likeness (QED) is 0.684. The predicted molar refractivity (Wildman–Crippen MR) is 94.1 cm³/mol. The summed E-state index contributed by atoms with van der Waals surface area (Å²) in [7, 11) is 0. The van der Waals surface area contributed by atoms with Crippen LogP contribution in [0.3, 0.4) is 0 Å². The molecule has 1 aliphatic rings. The van der Waals surface area contributed by atoms with Gasteiger partial charge in [-0.2, -0.15) is 0 Å². The first-order chi connectivity index (χ1) is 10.7. The number of nitrogens with one attached hydrogen (secondary N) is 1. The first-order valence-corrected chi connectivity index (χ1v) is 8.06. The molecule has 0 unspecified atom stereocenters. The third-order valence-corrected chi connectivity index (χ3v) is 4.41. The van der Waals surface area contributed by atoms with Crippen LogP contribution in [0.5, 0.6) is 5.75 Å². The third-order valence-electron chi connectivity index (χ3n) is 3.11. The number of rotatable bonds is 4. The van der Waals surface area contributed by atoms with Gasteiger partial charge in [-0.3, -0.25) is 9.69 Å². The number of nitrogens with zero attached hydrogens (tertiary/aromatic N) is 1. The van der Waals surface area contributed by atoms with Crippen molar-refractivity contribution in [3.8, 4) is 5.75 Å². The lowest BCUT2D eigenvalue weighted by Crippen LogP contribution is -2.28. The summed E-state index contributed by atoms with van der Waals surface area (Å²) in [6, 6.07) is 11.2. The van der Waals surface area contributed by atoms with Crippen LogP contribution in [-0.2, 0) is 4.79 Å². The summed E-state index contributed by atoms with van der Waals surface area (Å²) >= 11 is 6.67. The maximum Gasteiger partial charge on any atom is 0.270 e. The molecule has 3 rings (SSSR count). The van der Waals surface area contributed by atoms with Crippen molar-refractivity contribution in [1.82, 2.24) is 4.98 Å². The molecular weight excluding hydrogens is 316 g/mol. The number of para-hydroxylation sites is 2. The minimum absolute atomic E-state index is 0.128. The summed E-state index contributed by atoms with van der Waals surface area (Å²) < 4.78 is 6.11. The second-order valence-electron chi connectivity index (χ2n) is 4.54. The number of anilines is 1. The molecule has 6 heteroatoms. The number of H-pyrrole nitrogens is 1. The molecule has 0 spiro atoms. The summed E-state index contributed by atoms with van der Waals surface area (Å²) in [6.07, 6.45) is 3.62. The van der Waals surface area contributed by atoms with Gasteiger partial charge in [-0.15, -0.1) is 0 Å². The molecular formula is C16H14N2O2S2. The smallest absolute Gasteiger partial charge is 0.270 e. The predicted octanol–water partition coefficient (Wildman–Crippen LogP) is 3.82. The SMILES string of the molecule is CCOc1ccccc1N1C(=O)/C(=C\c2ccc[nH]2)SC1=S. The fourth-order valence-electron chi connectivity index (χ4n) is 2.17. The van der Waals surface area contributed by atoms with Crippen molar-refractivity contribution in [2.75, 3.05) is 11.5 Å². The van der Waals surface area contributed by atoms with Crippen molar-refractivity contribution in [3.05, 3.63) is 53.2 Å². The van der Waals surface area contributed by atoms with E-state index in [1.807, 2.05) is 55.6 Å². The van der Waals surface area contributed by atoms with Crippen molar-refractivity contribution >= 4 is 46.0 Å². The van der Waals surface area contributed by atoms with Crippen LogP contribution in [-0.4, -0.2) is 21.8 Å². The van der Waals surface area contributed by atoms with Crippen LogP contribution >= 0.6 is 24.0 Å². The zero-order chi connectivity index (χ0) is 15.5. The van der Waals surface area contributed by atoms with Gasteiger partial charge in [-0.25, -0.2) is 0 Å². The van der Waals surface area contributed by atoms with E-state index in [1.54, 1.807) is 0 Å². The maximum absolute atomic E-state index is 12.7. The lowest BCUT2D eigenvalue weighted by molar-refractivity contribution is -0.113. The third kappa shape index (κ3) is 2.80. The topological polar surface area (TPSA) is 45.3 Å². The number of ether oxygens (including phenoxy) is 1. The van der Waals surface area contributed by atoms with E-state index in [9.17, 15) is 4.79 Å². The standard InChI is InChI=1S/C16H14N2O2S2/c1-2-20-13-8-4-3-7-12(13)18-15(19)14(22-16(18)21)10-11-6-5-9-17-11/h3-10,17H,2H2,1H3/b14-10+. The number of carbonyl (C=O) groups is 1. The number of carbonyl (C=O) groups excluding carboxylic acids is 1. The molecule has 0 atom stereocenters. The van der Waals surface area contributed by atoms with E-state index >= 15 is 0 Å². The molecule has 1 N–H and O–H groups in total. The number of hydrogen-bond donors (Lipinski definition) is 1. The van der Waals surface area contributed by atoms with Gasteiger partial charge in [0, 0.05) is 11.9 Å². The highest BCUT2D eigenvalue weighted by molar-refractivity contribution is 8.27. The molecule has 1 fully saturated rings. The first kappa shape index (κ1) is 14.9. The number of aromatic nitrogens is 1. The minimum atomic E-state index is -0.128. The van der Waals surface area contributed by atoms with E-state index in [0.717, 1.165) is 5.69 Å². The van der Waals surface area contributed by atoms with Crippen LogP contribution in [0.25, 0.3) is 6.08 Å². The van der Waals surface area contributed by atoms with Gasteiger partial charge >= 0.3 is 0 Å². The number of aromatic amines is 1. The molecule has 22 heavy (non-hydrogen) atoms.